The van der Waals surface area contributed by atoms with Gasteiger partial charge in [-0.15, -0.1) is 0 Å². The molecule has 0 radical (unpaired) electrons. The van der Waals surface area contributed by atoms with E-state index in [1.807, 2.05) is 0 Å². The molecule has 0 spiro atoms. The number of aromatic nitrogens is 1. The first-order valence-electron chi connectivity index (χ1n) is 6.05. The summed E-state index contributed by atoms with van der Waals surface area (Å²) < 4.78 is 10.2. The molecule has 7 heteroatoms. The second kappa shape index (κ2) is 8.65. The van der Waals surface area contributed by atoms with Crippen LogP contribution in [0.4, 0.5) is 0 Å². The lowest BCUT2D eigenvalue weighted by Gasteiger charge is -2.21. The largest absolute Gasteiger partial charge is 0.469 e. The SMILES string of the molecule is COCCN(CCC(=O)OC)C(=O)c1ncccc1Br. The Morgan fingerprint density at radius 1 is 1.35 bits per heavy atom. The van der Waals surface area contributed by atoms with Gasteiger partial charge in [0.25, 0.3) is 5.91 Å². The first-order chi connectivity index (χ1) is 9.60. The lowest BCUT2D eigenvalue weighted by atomic mass is 10.3. The first kappa shape index (κ1) is 16.6. The summed E-state index contributed by atoms with van der Waals surface area (Å²) in [5.74, 6) is -0.612. The number of carbonyl (C=O) groups excluding carboxylic acids is 2. The highest BCUT2D eigenvalue weighted by Gasteiger charge is 2.20. The Balaban J connectivity index is 2.78. The van der Waals surface area contributed by atoms with E-state index < -0.39 is 0 Å². The first-order valence-corrected chi connectivity index (χ1v) is 6.85. The summed E-state index contributed by atoms with van der Waals surface area (Å²) in [5, 5.41) is 0. The molecule has 0 fully saturated rings. The van der Waals surface area contributed by atoms with E-state index in [1.165, 1.54) is 12.0 Å². The standard InChI is InChI=1S/C13H17BrN2O4/c1-19-9-8-16(7-5-11(17)20-2)13(18)12-10(14)4-3-6-15-12/h3-4,6H,5,7-9H2,1-2H3. The summed E-state index contributed by atoms with van der Waals surface area (Å²) in [6, 6.07) is 3.48. The van der Waals surface area contributed by atoms with Gasteiger partial charge in [0.1, 0.15) is 5.69 Å². The maximum atomic E-state index is 12.4. The monoisotopic (exact) mass is 344 g/mol. The predicted molar refractivity (Wildman–Crippen MR) is 76.3 cm³/mol. The fourth-order valence-corrected chi connectivity index (χ4v) is 1.96. The van der Waals surface area contributed by atoms with Crippen molar-refractivity contribution in [2.24, 2.45) is 0 Å². The van der Waals surface area contributed by atoms with E-state index in [0.717, 1.165) is 0 Å². The zero-order valence-corrected chi connectivity index (χ0v) is 13.1. The quantitative estimate of drug-likeness (QED) is 0.701. The number of pyridine rings is 1. The van der Waals surface area contributed by atoms with E-state index in [2.05, 4.69) is 25.7 Å². The summed E-state index contributed by atoms with van der Waals surface area (Å²) in [5.41, 5.74) is 0.313. The molecule has 20 heavy (non-hydrogen) atoms. The predicted octanol–water partition coefficient (Wildman–Crippen LogP) is 1.50. The Hall–Kier alpha value is -1.47. The molecule has 0 atom stereocenters. The van der Waals surface area contributed by atoms with Crippen molar-refractivity contribution in [2.45, 2.75) is 6.42 Å². The number of nitrogens with zero attached hydrogens (tertiary/aromatic N) is 2. The third kappa shape index (κ3) is 4.90. The van der Waals surface area contributed by atoms with Gasteiger partial charge in [0.05, 0.1) is 20.1 Å². The second-order valence-electron chi connectivity index (χ2n) is 3.94. The Labute approximate surface area is 126 Å². The molecule has 0 unspecified atom stereocenters. The third-order valence-electron chi connectivity index (χ3n) is 2.63. The third-order valence-corrected chi connectivity index (χ3v) is 3.27. The number of methoxy groups -OCH3 is 2. The molecule has 0 aliphatic heterocycles. The number of halogens is 1. The highest BCUT2D eigenvalue weighted by Crippen LogP contribution is 2.15. The normalized spacial score (nSPS) is 10.2. The van der Waals surface area contributed by atoms with Crippen molar-refractivity contribution in [1.82, 2.24) is 9.88 Å². The van der Waals surface area contributed by atoms with Gasteiger partial charge in [-0.05, 0) is 28.1 Å². The maximum absolute atomic E-state index is 12.4. The smallest absolute Gasteiger partial charge is 0.307 e. The van der Waals surface area contributed by atoms with Crippen molar-refractivity contribution in [2.75, 3.05) is 33.9 Å². The summed E-state index contributed by atoms with van der Waals surface area (Å²) in [7, 11) is 2.87. The molecule has 0 aliphatic carbocycles. The minimum atomic E-state index is -0.361. The van der Waals surface area contributed by atoms with Crippen molar-refractivity contribution in [3.8, 4) is 0 Å². The molecule has 110 valence electrons. The lowest BCUT2D eigenvalue weighted by Crippen LogP contribution is -2.36. The van der Waals surface area contributed by atoms with Crippen LogP contribution >= 0.6 is 15.9 Å². The summed E-state index contributed by atoms with van der Waals surface area (Å²) >= 11 is 3.29. The van der Waals surface area contributed by atoms with Crippen molar-refractivity contribution >= 4 is 27.8 Å². The molecular formula is C13H17BrN2O4. The highest BCUT2D eigenvalue weighted by molar-refractivity contribution is 9.10. The van der Waals surface area contributed by atoms with Crippen molar-refractivity contribution < 1.29 is 19.1 Å². The zero-order valence-electron chi connectivity index (χ0n) is 11.5. The minimum absolute atomic E-state index is 0.135. The number of esters is 1. The second-order valence-corrected chi connectivity index (χ2v) is 4.80. The summed E-state index contributed by atoms with van der Waals surface area (Å²) in [4.78, 5) is 29.2. The van der Waals surface area contributed by atoms with Gasteiger partial charge >= 0.3 is 5.97 Å². The number of hydrogen-bond acceptors (Lipinski definition) is 5. The van der Waals surface area contributed by atoms with Crippen LogP contribution in [0, 0.1) is 0 Å². The van der Waals surface area contributed by atoms with Crippen LogP contribution in [-0.4, -0.2) is 55.7 Å². The fourth-order valence-electron chi connectivity index (χ4n) is 1.54. The molecule has 0 aliphatic rings. The van der Waals surface area contributed by atoms with Crippen molar-refractivity contribution in [3.63, 3.8) is 0 Å². The van der Waals surface area contributed by atoms with Crippen LogP contribution in [0.3, 0.4) is 0 Å². The summed E-state index contributed by atoms with van der Waals surface area (Å²) in [6.45, 7) is 1.03. The Morgan fingerprint density at radius 3 is 2.70 bits per heavy atom. The van der Waals surface area contributed by atoms with Crippen molar-refractivity contribution in [1.29, 1.82) is 0 Å². The molecule has 0 bridgehead atoms. The number of ether oxygens (including phenoxy) is 2. The van der Waals surface area contributed by atoms with Gasteiger partial charge in [0.2, 0.25) is 0 Å². The van der Waals surface area contributed by atoms with E-state index in [1.54, 1.807) is 25.4 Å². The molecule has 0 saturated carbocycles. The molecule has 0 aromatic carbocycles. The maximum Gasteiger partial charge on any atom is 0.307 e. The van der Waals surface area contributed by atoms with Crippen LogP contribution in [0.15, 0.2) is 22.8 Å². The van der Waals surface area contributed by atoms with Gasteiger partial charge in [0, 0.05) is 30.9 Å². The van der Waals surface area contributed by atoms with Crippen molar-refractivity contribution in [3.05, 3.63) is 28.5 Å². The Kier molecular flexibility index (Phi) is 7.17. The van der Waals surface area contributed by atoms with Crippen LogP contribution in [0.2, 0.25) is 0 Å². The van der Waals surface area contributed by atoms with E-state index in [9.17, 15) is 9.59 Å². The van der Waals surface area contributed by atoms with Crippen LogP contribution < -0.4 is 0 Å². The molecule has 1 aromatic heterocycles. The van der Waals surface area contributed by atoms with Crippen LogP contribution in [0.5, 0.6) is 0 Å². The average Bonchev–Trinajstić information content (AvgIpc) is 2.47. The zero-order chi connectivity index (χ0) is 15.0. The molecule has 1 aromatic rings. The molecular weight excluding hydrogens is 328 g/mol. The number of hydrogen-bond donors (Lipinski definition) is 0. The van der Waals surface area contributed by atoms with E-state index in [4.69, 9.17) is 4.74 Å². The lowest BCUT2D eigenvalue weighted by molar-refractivity contribution is -0.140. The van der Waals surface area contributed by atoms with Gasteiger partial charge < -0.3 is 14.4 Å². The van der Waals surface area contributed by atoms with Crippen LogP contribution in [0.25, 0.3) is 0 Å². The average molecular weight is 345 g/mol. The van der Waals surface area contributed by atoms with E-state index in [0.29, 0.717) is 23.3 Å². The highest BCUT2D eigenvalue weighted by atomic mass is 79.9. The van der Waals surface area contributed by atoms with Gasteiger partial charge in [-0.3, -0.25) is 9.59 Å². The topological polar surface area (TPSA) is 68.7 Å². The Morgan fingerprint density at radius 2 is 2.10 bits per heavy atom. The van der Waals surface area contributed by atoms with Crippen LogP contribution in [-0.2, 0) is 14.3 Å². The van der Waals surface area contributed by atoms with E-state index >= 15 is 0 Å². The number of carbonyl (C=O) groups is 2. The van der Waals surface area contributed by atoms with Gasteiger partial charge in [-0.2, -0.15) is 0 Å². The molecule has 0 saturated heterocycles. The number of amides is 1. The van der Waals surface area contributed by atoms with Gasteiger partial charge in [-0.1, -0.05) is 0 Å². The Bertz CT molecular complexity index is 467. The molecule has 1 rings (SSSR count). The molecule has 1 amide bonds. The molecule has 0 N–H and O–H groups in total. The molecule has 6 nitrogen and oxygen atoms in total. The fraction of sp³-hybridized carbons (Fsp3) is 0.462. The number of rotatable bonds is 7. The van der Waals surface area contributed by atoms with Gasteiger partial charge in [0.15, 0.2) is 0 Å². The molecule has 1 heterocycles. The van der Waals surface area contributed by atoms with Crippen LogP contribution in [0.1, 0.15) is 16.9 Å². The van der Waals surface area contributed by atoms with Gasteiger partial charge in [-0.25, -0.2) is 4.98 Å². The minimum Gasteiger partial charge on any atom is -0.469 e. The summed E-state index contributed by atoms with van der Waals surface area (Å²) in [6.07, 6.45) is 1.68. The van der Waals surface area contributed by atoms with E-state index in [-0.39, 0.29) is 24.8 Å².